The van der Waals surface area contributed by atoms with E-state index in [0.717, 1.165) is 28.6 Å². The molecule has 0 aliphatic carbocycles. The number of ether oxygens (including phenoxy) is 1. The van der Waals surface area contributed by atoms with Gasteiger partial charge in [0, 0.05) is 23.0 Å². The molecule has 0 aliphatic rings. The van der Waals surface area contributed by atoms with Gasteiger partial charge >= 0.3 is 6.36 Å². The van der Waals surface area contributed by atoms with Crippen LogP contribution in [0.15, 0.2) is 69.6 Å². The summed E-state index contributed by atoms with van der Waals surface area (Å²) in [4.78, 5) is 17.4. The van der Waals surface area contributed by atoms with Crippen molar-refractivity contribution in [2.45, 2.75) is 30.1 Å². The molecular formula is C19H15F3N2O2S. The molecule has 0 bridgehead atoms. The zero-order valence-electron chi connectivity index (χ0n) is 14.4. The Morgan fingerprint density at radius 1 is 1.04 bits per heavy atom. The van der Waals surface area contributed by atoms with Crippen molar-refractivity contribution in [3.05, 3.63) is 76.3 Å². The Balaban J connectivity index is 1.86. The van der Waals surface area contributed by atoms with Crippen LogP contribution in [0.25, 0.3) is 5.69 Å². The van der Waals surface area contributed by atoms with E-state index in [1.165, 1.54) is 35.0 Å². The first kappa shape index (κ1) is 19.0. The second-order valence-electron chi connectivity index (χ2n) is 5.80. The molecule has 1 heterocycles. The Morgan fingerprint density at radius 3 is 2.37 bits per heavy atom. The van der Waals surface area contributed by atoms with Crippen molar-refractivity contribution in [2.75, 3.05) is 0 Å². The zero-order chi connectivity index (χ0) is 19.6. The van der Waals surface area contributed by atoms with Gasteiger partial charge in [-0.15, -0.1) is 13.2 Å². The van der Waals surface area contributed by atoms with E-state index < -0.39 is 6.36 Å². The third-order valence-corrected chi connectivity index (χ3v) is 4.83. The number of halogens is 3. The van der Waals surface area contributed by atoms with Gasteiger partial charge in [0.2, 0.25) is 0 Å². The fourth-order valence-corrected chi connectivity index (χ4v) is 3.16. The average molecular weight is 392 g/mol. The number of aryl methyl sites for hydroxylation is 2. The van der Waals surface area contributed by atoms with Gasteiger partial charge in [0.25, 0.3) is 5.56 Å². The third kappa shape index (κ3) is 4.71. The van der Waals surface area contributed by atoms with Crippen LogP contribution in [0.3, 0.4) is 0 Å². The molecular weight excluding hydrogens is 377 g/mol. The van der Waals surface area contributed by atoms with E-state index in [1.807, 2.05) is 32.0 Å². The first-order chi connectivity index (χ1) is 12.7. The van der Waals surface area contributed by atoms with E-state index in [-0.39, 0.29) is 16.3 Å². The average Bonchev–Trinajstić information content (AvgIpc) is 2.60. The third-order valence-electron chi connectivity index (χ3n) is 3.85. The summed E-state index contributed by atoms with van der Waals surface area (Å²) >= 11 is 1.08. The number of hydrogen-bond acceptors (Lipinski definition) is 4. The summed E-state index contributed by atoms with van der Waals surface area (Å²) in [6.45, 7) is 3.95. The Kier molecular flexibility index (Phi) is 5.27. The Hall–Kier alpha value is -2.74. The number of aromatic nitrogens is 2. The van der Waals surface area contributed by atoms with Crippen LogP contribution < -0.4 is 10.3 Å². The van der Waals surface area contributed by atoms with E-state index in [9.17, 15) is 18.0 Å². The standard InChI is InChI=1S/C19H15F3N2O2S/c1-12-3-4-14(11-13(12)2)24-10-9-23-17(18(24)25)27-16-7-5-15(6-8-16)26-19(20,21)22/h3-11H,1-2H3. The molecule has 8 heteroatoms. The molecule has 3 aromatic rings. The summed E-state index contributed by atoms with van der Waals surface area (Å²) in [6, 6.07) is 11.0. The summed E-state index contributed by atoms with van der Waals surface area (Å²) in [5.74, 6) is -0.319. The number of rotatable bonds is 4. The van der Waals surface area contributed by atoms with Gasteiger partial charge in [-0.05, 0) is 61.4 Å². The van der Waals surface area contributed by atoms with Crippen molar-refractivity contribution in [2.24, 2.45) is 0 Å². The quantitative estimate of drug-likeness (QED) is 0.634. The lowest BCUT2D eigenvalue weighted by Crippen LogP contribution is -2.20. The summed E-state index contributed by atoms with van der Waals surface area (Å²) in [5, 5.41) is 0.222. The van der Waals surface area contributed by atoms with E-state index >= 15 is 0 Å². The van der Waals surface area contributed by atoms with Gasteiger partial charge in [0.15, 0.2) is 5.03 Å². The fraction of sp³-hybridized carbons (Fsp3) is 0.158. The smallest absolute Gasteiger partial charge is 0.406 e. The Labute approximate surface area is 157 Å². The molecule has 2 aromatic carbocycles. The van der Waals surface area contributed by atoms with E-state index in [0.29, 0.717) is 4.90 Å². The van der Waals surface area contributed by atoms with Gasteiger partial charge in [0.05, 0.1) is 0 Å². The number of alkyl halides is 3. The highest BCUT2D eigenvalue weighted by atomic mass is 32.2. The van der Waals surface area contributed by atoms with Gasteiger partial charge in [0.1, 0.15) is 5.75 Å². The summed E-state index contributed by atoms with van der Waals surface area (Å²) in [7, 11) is 0. The van der Waals surface area contributed by atoms with Crippen LogP contribution in [0.1, 0.15) is 11.1 Å². The minimum Gasteiger partial charge on any atom is -0.406 e. The molecule has 0 spiro atoms. The van der Waals surface area contributed by atoms with E-state index in [4.69, 9.17) is 0 Å². The topological polar surface area (TPSA) is 44.1 Å². The first-order valence-electron chi connectivity index (χ1n) is 7.92. The molecule has 0 atom stereocenters. The first-order valence-corrected chi connectivity index (χ1v) is 8.73. The van der Waals surface area contributed by atoms with Gasteiger partial charge in [-0.3, -0.25) is 9.36 Å². The van der Waals surface area contributed by atoms with E-state index in [1.54, 1.807) is 6.20 Å². The monoisotopic (exact) mass is 392 g/mol. The second-order valence-corrected chi connectivity index (χ2v) is 6.86. The summed E-state index contributed by atoms with van der Waals surface area (Å²) in [6.07, 6.45) is -1.65. The Morgan fingerprint density at radius 2 is 1.74 bits per heavy atom. The van der Waals surface area contributed by atoms with Crippen LogP contribution in [0, 0.1) is 13.8 Å². The zero-order valence-corrected chi connectivity index (χ0v) is 15.3. The molecule has 4 nitrogen and oxygen atoms in total. The molecule has 0 amide bonds. The van der Waals surface area contributed by atoms with Crippen molar-refractivity contribution in [1.29, 1.82) is 0 Å². The largest absolute Gasteiger partial charge is 0.573 e. The highest BCUT2D eigenvalue weighted by Crippen LogP contribution is 2.28. The molecule has 27 heavy (non-hydrogen) atoms. The number of benzene rings is 2. The molecule has 0 fully saturated rings. The molecule has 1 aromatic heterocycles. The molecule has 140 valence electrons. The summed E-state index contributed by atoms with van der Waals surface area (Å²) in [5.41, 5.74) is 2.60. The lowest BCUT2D eigenvalue weighted by Gasteiger charge is -2.10. The van der Waals surface area contributed by atoms with Crippen LogP contribution in [-0.2, 0) is 0 Å². The highest BCUT2D eigenvalue weighted by Gasteiger charge is 2.30. The predicted molar refractivity (Wildman–Crippen MR) is 96.6 cm³/mol. The molecule has 0 saturated carbocycles. The second kappa shape index (κ2) is 7.48. The minimum atomic E-state index is -4.74. The van der Waals surface area contributed by atoms with Crippen molar-refractivity contribution >= 4 is 11.8 Å². The molecule has 0 radical (unpaired) electrons. The van der Waals surface area contributed by atoms with E-state index in [2.05, 4.69) is 9.72 Å². The number of nitrogens with zero attached hydrogens (tertiary/aromatic N) is 2. The molecule has 3 rings (SSSR count). The van der Waals surface area contributed by atoms with Gasteiger partial charge in [-0.1, -0.05) is 17.8 Å². The van der Waals surface area contributed by atoms with Crippen LogP contribution in [0.2, 0.25) is 0 Å². The molecule has 0 aliphatic heterocycles. The Bertz CT molecular complexity index is 1010. The van der Waals surface area contributed by atoms with Gasteiger partial charge < -0.3 is 4.74 Å². The van der Waals surface area contributed by atoms with Crippen molar-refractivity contribution in [1.82, 2.24) is 9.55 Å². The van der Waals surface area contributed by atoms with Crippen molar-refractivity contribution in [3.63, 3.8) is 0 Å². The van der Waals surface area contributed by atoms with Crippen LogP contribution in [0.4, 0.5) is 13.2 Å². The molecule has 0 saturated heterocycles. The predicted octanol–water partition coefficient (Wildman–Crippen LogP) is 4.90. The SMILES string of the molecule is Cc1ccc(-n2ccnc(Sc3ccc(OC(F)(F)F)cc3)c2=O)cc1C. The van der Waals surface area contributed by atoms with Gasteiger partial charge in [-0.2, -0.15) is 0 Å². The molecule has 0 unspecified atom stereocenters. The van der Waals surface area contributed by atoms with Crippen LogP contribution in [-0.4, -0.2) is 15.9 Å². The maximum Gasteiger partial charge on any atom is 0.573 e. The molecule has 0 N–H and O–H groups in total. The maximum atomic E-state index is 12.7. The van der Waals surface area contributed by atoms with Gasteiger partial charge in [-0.25, -0.2) is 4.98 Å². The van der Waals surface area contributed by atoms with Crippen LogP contribution >= 0.6 is 11.8 Å². The number of hydrogen-bond donors (Lipinski definition) is 0. The lowest BCUT2D eigenvalue weighted by atomic mass is 10.1. The highest BCUT2D eigenvalue weighted by molar-refractivity contribution is 7.99. The maximum absolute atomic E-state index is 12.7. The fourth-order valence-electron chi connectivity index (χ4n) is 2.36. The van der Waals surface area contributed by atoms with Crippen molar-refractivity contribution < 1.29 is 17.9 Å². The lowest BCUT2D eigenvalue weighted by molar-refractivity contribution is -0.274. The normalized spacial score (nSPS) is 11.4. The minimum absolute atomic E-state index is 0.222. The summed E-state index contributed by atoms with van der Waals surface area (Å²) < 4.78 is 42.0. The van der Waals surface area contributed by atoms with Crippen molar-refractivity contribution in [3.8, 4) is 11.4 Å². The van der Waals surface area contributed by atoms with Crippen LogP contribution in [0.5, 0.6) is 5.75 Å².